The van der Waals surface area contributed by atoms with Gasteiger partial charge in [-0.25, -0.2) is 0 Å². The summed E-state index contributed by atoms with van der Waals surface area (Å²) in [5.74, 6) is 0.471. The number of amides is 1. The smallest absolute Gasteiger partial charge is 0.254 e. The molecule has 8 heteroatoms. The van der Waals surface area contributed by atoms with E-state index in [0.717, 1.165) is 27.6 Å². The van der Waals surface area contributed by atoms with Crippen LogP contribution in [-0.4, -0.2) is 44.7 Å². The number of rotatable bonds is 7. The fraction of sp³-hybridized carbons (Fsp3) is 0.240. The molecule has 0 radical (unpaired) electrons. The molecule has 0 saturated heterocycles. The molecule has 2 aromatic carbocycles. The maximum atomic E-state index is 13.2. The average Bonchev–Trinajstić information content (AvgIpc) is 3.29. The summed E-state index contributed by atoms with van der Waals surface area (Å²) in [6, 6.07) is 13.0. The largest absolute Gasteiger partial charge is 0.493 e. The monoisotopic (exact) mass is 464 g/mol. The molecular formula is C25H25ClN4O3. The second kappa shape index (κ2) is 9.60. The number of aromatic amines is 1. The van der Waals surface area contributed by atoms with Crippen LogP contribution in [0.15, 0.2) is 54.9 Å². The molecule has 4 rings (SSSR count). The molecule has 1 unspecified atom stereocenters. The molecule has 33 heavy (non-hydrogen) atoms. The van der Waals surface area contributed by atoms with Gasteiger partial charge in [0.2, 0.25) is 0 Å². The Morgan fingerprint density at radius 2 is 2.06 bits per heavy atom. The van der Waals surface area contributed by atoms with Gasteiger partial charge in [0.05, 0.1) is 30.1 Å². The lowest BCUT2D eigenvalue weighted by molar-refractivity contribution is 0.0785. The molecule has 0 aliphatic heterocycles. The summed E-state index contributed by atoms with van der Waals surface area (Å²) in [6.45, 7) is 4.36. The van der Waals surface area contributed by atoms with Crippen LogP contribution in [-0.2, 0) is 6.54 Å². The number of H-pyrrole nitrogens is 1. The molecule has 0 saturated carbocycles. The molecule has 0 aliphatic rings. The van der Waals surface area contributed by atoms with Crippen molar-refractivity contribution in [3.8, 4) is 16.9 Å². The van der Waals surface area contributed by atoms with Crippen molar-refractivity contribution in [2.75, 3.05) is 13.7 Å². The van der Waals surface area contributed by atoms with Crippen LogP contribution in [0, 0.1) is 0 Å². The van der Waals surface area contributed by atoms with Gasteiger partial charge in [-0.15, -0.1) is 0 Å². The van der Waals surface area contributed by atoms with Crippen LogP contribution in [0.4, 0.5) is 0 Å². The highest BCUT2D eigenvalue weighted by Crippen LogP contribution is 2.33. The predicted molar refractivity (Wildman–Crippen MR) is 128 cm³/mol. The highest BCUT2D eigenvalue weighted by atomic mass is 35.5. The van der Waals surface area contributed by atoms with Crippen molar-refractivity contribution >= 4 is 28.4 Å². The van der Waals surface area contributed by atoms with Crippen molar-refractivity contribution < 1.29 is 14.6 Å². The fourth-order valence-corrected chi connectivity index (χ4v) is 4.02. The van der Waals surface area contributed by atoms with Gasteiger partial charge in [0.1, 0.15) is 5.75 Å². The van der Waals surface area contributed by atoms with Crippen molar-refractivity contribution in [1.29, 1.82) is 0 Å². The number of aliphatic hydroxyl groups excluding tert-OH is 1. The first-order valence-electron chi connectivity index (χ1n) is 10.7. The predicted octanol–water partition coefficient (Wildman–Crippen LogP) is 5.00. The molecule has 0 bridgehead atoms. The van der Waals surface area contributed by atoms with Crippen molar-refractivity contribution in [3.05, 3.63) is 76.7 Å². The quantitative estimate of drug-likeness (QED) is 0.401. The van der Waals surface area contributed by atoms with E-state index in [-0.39, 0.29) is 5.91 Å². The minimum atomic E-state index is -0.714. The van der Waals surface area contributed by atoms with Gasteiger partial charge < -0.3 is 14.7 Å². The Morgan fingerprint density at radius 3 is 2.79 bits per heavy atom. The van der Waals surface area contributed by atoms with E-state index in [2.05, 4.69) is 15.2 Å². The van der Waals surface area contributed by atoms with E-state index < -0.39 is 6.10 Å². The van der Waals surface area contributed by atoms with E-state index in [9.17, 15) is 9.90 Å². The molecule has 0 spiro atoms. The van der Waals surface area contributed by atoms with Crippen molar-refractivity contribution in [1.82, 2.24) is 20.1 Å². The van der Waals surface area contributed by atoms with Crippen molar-refractivity contribution in [3.63, 3.8) is 0 Å². The molecule has 0 fully saturated rings. The highest BCUT2D eigenvalue weighted by molar-refractivity contribution is 6.30. The third-order valence-electron chi connectivity index (χ3n) is 5.41. The van der Waals surface area contributed by atoms with Crippen LogP contribution in [0.25, 0.3) is 22.0 Å². The lowest BCUT2D eigenvalue weighted by Gasteiger charge is -2.19. The number of nitrogens with one attached hydrogen (secondary N) is 1. The standard InChI is InChI=1S/C25H25ClN4O3/c1-4-33-22-11-17(8-9-20(22)16-6-5-7-19(26)10-16)25(32)30(3)14-18-12-27-23(15(2)31)21-13-28-29-24(18)21/h5-13,15,31H,4,14H2,1-3H3,(H,28,29). The van der Waals surface area contributed by atoms with Crippen LogP contribution in [0.2, 0.25) is 5.02 Å². The Labute approximate surface area is 197 Å². The zero-order valence-corrected chi connectivity index (χ0v) is 19.4. The van der Waals surface area contributed by atoms with Gasteiger partial charge in [0.15, 0.2) is 0 Å². The number of carbonyl (C=O) groups is 1. The third-order valence-corrected chi connectivity index (χ3v) is 5.64. The number of carbonyl (C=O) groups excluding carboxylic acids is 1. The number of pyridine rings is 1. The first-order valence-corrected chi connectivity index (χ1v) is 11.0. The van der Waals surface area contributed by atoms with Gasteiger partial charge >= 0.3 is 0 Å². The number of hydrogen-bond donors (Lipinski definition) is 2. The minimum absolute atomic E-state index is 0.152. The zero-order valence-electron chi connectivity index (χ0n) is 18.7. The second-order valence-electron chi connectivity index (χ2n) is 7.82. The number of hydrogen-bond acceptors (Lipinski definition) is 5. The summed E-state index contributed by atoms with van der Waals surface area (Å²) < 4.78 is 5.84. The number of nitrogens with zero attached hydrogens (tertiary/aromatic N) is 3. The summed E-state index contributed by atoms with van der Waals surface area (Å²) in [5, 5.41) is 18.4. The Bertz CT molecular complexity index is 1300. The van der Waals surface area contributed by atoms with Gasteiger partial charge in [-0.3, -0.25) is 14.9 Å². The molecule has 4 aromatic rings. The fourth-order valence-electron chi connectivity index (χ4n) is 3.83. The Hall–Kier alpha value is -3.42. The zero-order chi connectivity index (χ0) is 23.5. The SMILES string of the molecule is CCOc1cc(C(=O)N(C)Cc2cnc(C(C)O)c3cn[nH]c23)ccc1-c1cccc(Cl)c1. The summed E-state index contributed by atoms with van der Waals surface area (Å²) in [5.41, 5.74) is 4.42. The molecule has 0 aliphatic carbocycles. The maximum Gasteiger partial charge on any atom is 0.254 e. The summed E-state index contributed by atoms with van der Waals surface area (Å²) in [4.78, 5) is 19.2. The van der Waals surface area contributed by atoms with Crippen LogP contribution in [0.3, 0.4) is 0 Å². The van der Waals surface area contributed by atoms with E-state index in [0.29, 0.717) is 35.2 Å². The van der Waals surface area contributed by atoms with Crippen molar-refractivity contribution in [2.24, 2.45) is 0 Å². The Balaban J connectivity index is 1.61. The first kappa shape index (κ1) is 22.8. The highest BCUT2D eigenvalue weighted by Gasteiger charge is 2.19. The topological polar surface area (TPSA) is 91.3 Å². The molecular weight excluding hydrogens is 440 g/mol. The van der Waals surface area contributed by atoms with Gasteiger partial charge in [-0.2, -0.15) is 5.10 Å². The number of ether oxygens (including phenoxy) is 1. The Kier molecular flexibility index (Phi) is 6.62. The lowest BCUT2D eigenvalue weighted by Crippen LogP contribution is -2.26. The van der Waals surface area contributed by atoms with E-state index in [1.54, 1.807) is 43.4 Å². The molecule has 170 valence electrons. The molecule has 1 amide bonds. The molecule has 2 N–H and O–H groups in total. The van der Waals surface area contributed by atoms with E-state index in [1.807, 2.05) is 37.3 Å². The summed E-state index contributed by atoms with van der Waals surface area (Å²) >= 11 is 6.16. The summed E-state index contributed by atoms with van der Waals surface area (Å²) in [6.07, 6.45) is 2.59. The van der Waals surface area contributed by atoms with E-state index >= 15 is 0 Å². The van der Waals surface area contributed by atoms with Crippen LogP contribution >= 0.6 is 11.6 Å². The number of halogens is 1. The number of aromatic nitrogens is 3. The molecule has 1 atom stereocenters. The van der Waals surface area contributed by atoms with Gasteiger partial charge in [-0.1, -0.05) is 23.7 Å². The lowest BCUT2D eigenvalue weighted by atomic mass is 10.0. The number of fused-ring (bicyclic) bond motifs is 1. The van der Waals surface area contributed by atoms with Gasteiger partial charge in [0, 0.05) is 46.9 Å². The van der Waals surface area contributed by atoms with Crippen molar-refractivity contribution in [2.45, 2.75) is 26.5 Å². The minimum Gasteiger partial charge on any atom is -0.493 e. The van der Waals surface area contributed by atoms with Gasteiger partial charge in [-0.05, 0) is 49.7 Å². The van der Waals surface area contributed by atoms with E-state index in [4.69, 9.17) is 16.3 Å². The maximum absolute atomic E-state index is 13.2. The Morgan fingerprint density at radius 1 is 1.24 bits per heavy atom. The molecule has 7 nitrogen and oxygen atoms in total. The molecule has 2 heterocycles. The van der Waals surface area contributed by atoms with Crippen LogP contribution in [0.5, 0.6) is 5.75 Å². The average molecular weight is 465 g/mol. The van der Waals surface area contributed by atoms with E-state index in [1.165, 1.54) is 0 Å². The van der Waals surface area contributed by atoms with Crippen LogP contribution < -0.4 is 4.74 Å². The first-order chi connectivity index (χ1) is 15.9. The normalized spacial score (nSPS) is 12.0. The molecule has 2 aromatic heterocycles. The van der Waals surface area contributed by atoms with Gasteiger partial charge in [0.25, 0.3) is 5.91 Å². The second-order valence-corrected chi connectivity index (χ2v) is 8.26. The third kappa shape index (κ3) is 4.69. The van der Waals surface area contributed by atoms with Crippen LogP contribution in [0.1, 0.15) is 41.6 Å². The summed E-state index contributed by atoms with van der Waals surface area (Å²) in [7, 11) is 1.73. The number of aliphatic hydroxyl groups is 1. The number of benzene rings is 2.